The standard InChI is InChI=1S/C3H7ClO.H3N/c4-2-1-3-5;/h5H,1-3H2;1H3. The molecule has 0 spiro atoms. The fourth-order valence-electron chi connectivity index (χ4n) is 0.0598. The van der Waals surface area contributed by atoms with Gasteiger partial charge in [-0.25, -0.2) is 0 Å². The van der Waals surface area contributed by atoms with E-state index in [4.69, 9.17) is 16.7 Å². The predicted molar refractivity (Wildman–Crippen MR) is 27.4 cm³/mol. The average molecular weight is 112 g/mol. The van der Waals surface area contributed by atoms with Gasteiger partial charge in [0.1, 0.15) is 0 Å². The van der Waals surface area contributed by atoms with Gasteiger partial charge in [0.15, 0.2) is 0 Å². The molecule has 0 aliphatic rings. The van der Waals surface area contributed by atoms with Gasteiger partial charge in [0, 0.05) is 12.5 Å². The van der Waals surface area contributed by atoms with Crippen LogP contribution in [0.5, 0.6) is 0 Å². The monoisotopic (exact) mass is 111 g/mol. The van der Waals surface area contributed by atoms with Gasteiger partial charge in [0.05, 0.1) is 0 Å². The first-order valence-corrected chi connectivity index (χ1v) is 2.12. The van der Waals surface area contributed by atoms with E-state index in [0.29, 0.717) is 12.3 Å². The van der Waals surface area contributed by atoms with Crippen molar-refractivity contribution in [2.45, 2.75) is 6.42 Å². The Labute approximate surface area is 42.7 Å². The molecule has 0 radical (unpaired) electrons. The molecule has 6 heavy (non-hydrogen) atoms. The van der Waals surface area contributed by atoms with Gasteiger partial charge in [-0.05, 0) is 6.42 Å². The molecule has 4 N–H and O–H groups in total. The van der Waals surface area contributed by atoms with Crippen molar-refractivity contribution in [1.82, 2.24) is 6.15 Å². The van der Waals surface area contributed by atoms with Crippen LogP contribution in [0.2, 0.25) is 0 Å². The van der Waals surface area contributed by atoms with Gasteiger partial charge in [-0.15, -0.1) is 11.6 Å². The molecule has 0 aromatic carbocycles. The number of halogens is 1. The van der Waals surface area contributed by atoms with Crippen LogP contribution < -0.4 is 6.15 Å². The van der Waals surface area contributed by atoms with Crippen molar-refractivity contribution >= 4 is 11.6 Å². The van der Waals surface area contributed by atoms with Crippen molar-refractivity contribution < 1.29 is 5.11 Å². The number of aliphatic hydroxyl groups is 1. The predicted octanol–water partition coefficient (Wildman–Crippen LogP) is 0.770. The zero-order valence-corrected chi connectivity index (χ0v) is 4.41. The molecule has 0 unspecified atom stereocenters. The van der Waals surface area contributed by atoms with Crippen LogP contribution in [0.3, 0.4) is 0 Å². The van der Waals surface area contributed by atoms with E-state index in [1.807, 2.05) is 0 Å². The zero-order valence-electron chi connectivity index (χ0n) is 3.65. The first-order chi connectivity index (χ1) is 2.41. The third-order valence-electron chi connectivity index (χ3n) is 0.292. The average Bonchev–Trinajstić information content (AvgIpc) is 1.41. The Kier molecular flexibility index (Phi) is 14.2. The van der Waals surface area contributed by atoms with Crippen molar-refractivity contribution in [2.24, 2.45) is 0 Å². The van der Waals surface area contributed by atoms with Gasteiger partial charge in [-0.3, -0.25) is 0 Å². The lowest BCUT2D eigenvalue weighted by atomic mass is 10.5. The Bertz CT molecular complexity index is 18.3. The highest BCUT2D eigenvalue weighted by molar-refractivity contribution is 6.17. The maximum absolute atomic E-state index is 7.98. The fourth-order valence-corrected chi connectivity index (χ4v) is 0.179. The minimum Gasteiger partial charge on any atom is -0.396 e. The van der Waals surface area contributed by atoms with Gasteiger partial charge in [-0.1, -0.05) is 0 Å². The van der Waals surface area contributed by atoms with Gasteiger partial charge in [0.25, 0.3) is 0 Å². The molecule has 0 saturated carbocycles. The zero-order chi connectivity index (χ0) is 4.12. The molecule has 3 heteroatoms. The molecule has 0 bridgehead atoms. The molecule has 0 aromatic rings. The molecular formula is C3H10ClNO. The van der Waals surface area contributed by atoms with E-state index < -0.39 is 0 Å². The number of hydrogen-bond acceptors (Lipinski definition) is 2. The summed E-state index contributed by atoms with van der Waals surface area (Å²) >= 11 is 5.14. The molecule has 0 aliphatic heterocycles. The fraction of sp³-hybridized carbons (Fsp3) is 1.00. The third kappa shape index (κ3) is 8.88. The molecule has 0 saturated heterocycles. The Morgan fingerprint density at radius 2 is 2.00 bits per heavy atom. The molecule has 2 nitrogen and oxygen atoms in total. The van der Waals surface area contributed by atoms with E-state index in [0.717, 1.165) is 0 Å². The molecular weight excluding hydrogens is 101 g/mol. The summed E-state index contributed by atoms with van der Waals surface area (Å²) in [4.78, 5) is 0. The van der Waals surface area contributed by atoms with Crippen LogP contribution in [0.1, 0.15) is 6.42 Å². The van der Waals surface area contributed by atoms with E-state index in [9.17, 15) is 0 Å². The summed E-state index contributed by atoms with van der Waals surface area (Å²) in [7, 11) is 0. The SMILES string of the molecule is N.OCCCCl. The summed E-state index contributed by atoms with van der Waals surface area (Å²) in [5.41, 5.74) is 0. The number of aliphatic hydroxyl groups excluding tert-OH is 1. The minimum absolute atomic E-state index is 0. The number of rotatable bonds is 2. The first-order valence-electron chi connectivity index (χ1n) is 1.58. The quantitative estimate of drug-likeness (QED) is 0.517. The van der Waals surface area contributed by atoms with E-state index in [1.54, 1.807) is 0 Å². The van der Waals surface area contributed by atoms with Gasteiger partial charge < -0.3 is 11.3 Å². The van der Waals surface area contributed by atoms with Crippen LogP contribution in [0.15, 0.2) is 0 Å². The maximum Gasteiger partial charge on any atom is 0.0442 e. The Morgan fingerprint density at radius 1 is 1.50 bits per heavy atom. The smallest absolute Gasteiger partial charge is 0.0442 e. The van der Waals surface area contributed by atoms with Crippen LogP contribution >= 0.6 is 11.6 Å². The highest BCUT2D eigenvalue weighted by Gasteiger charge is 1.71. The molecule has 0 aliphatic carbocycles. The summed E-state index contributed by atoms with van der Waals surface area (Å²) in [6.45, 7) is 0.212. The molecule has 0 heterocycles. The Balaban J connectivity index is 0. The van der Waals surface area contributed by atoms with E-state index in [1.165, 1.54) is 0 Å². The van der Waals surface area contributed by atoms with Crippen LogP contribution in [0, 0.1) is 0 Å². The summed E-state index contributed by atoms with van der Waals surface area (Å²) < 4.78 is 0. The van der Waals surface area contributed by atoms with E-state index in [-0.39, 0.29) is 12.8 Å². The Hall–Kier alpha value is 0.210. The van der Waals surface area contributed by atoms with Crippen molar-refractivity contribution in [3.8, 4) is 0 Å². The Morgan fingerprint density at radius 3 is 2.00 bits per heavy atom. The van der Waals surface area contributed by atoms with Crippen molar-refractivity contribution in [3.05, 3.63) is 0 Å². The van der Waals surface area contributed by atoms with Crippen LogP contribution in [0.25, 0.3) is 0 Å². The van der Waals surface area contributed by atoms with Crippen molar-refractivity contribution in [3.63, 3.8) is 0 Å². The van der Waals surface area contributed by atoms with Crippen LogP contribution in [0.4, 0.5) is 0 Å². The summed E-state index contributed by atoms with van der Waals surface area (Å²) in [5.74, 6) is 0.566. The summed E-state index contributed by atoms with van der Waals surface area (Å²) in [6.07, 6.45) is 0.710. The molecule has 40 valence electrons. The number of hydrogen-bond donors (Lipinski definition) is 2. The summed E-state index contributed by atoms with van der Waals surface area (Å²) in [6, 6.07) is 0. The summed E-state index contributed by atoms with van der Waals surface area (Å²) in [5, 5.41) is 7.98. The normalized spacial score (nSPS) is 7.00. The second-order valence-corrected chi connectivity index (χ2v) is 1.14. The minimum atomic E-state index is 0. The van der Waals surface area contributed by atoms with Gasteiger partial charge >= 0.3 is 0 Å². The second-order valence-electron chi connectivity index (χ2n) is 0.766. The van der Waals surface area contributed by atoms with Crippen LogP contribution in [-0.2, 0) is 0 Å². The van der Waals surface area contributed by atoms with Crippen molar-refractivity contribution in [1.29, 1.82) is 0 Å². The lowest BCUT2D eigenvalue weighted by Crippen LogP contribution is -1.79. The molecule has 0 aromatic heterocycles. The van der Waals surface area contributed by atoms with Gasteiger partial charge in [0.2, 0.25) is 0 Å². The maximum atomic E-state index is 7.98. The second kappa shape index (κ2) is 8.96. The van der Waals surface area contributed by atoms with Crippen molar-refractivity contribution in [2.75, 3.05) is 12.5 Å². The highest BCUT2D eigenvalue weighted by atomic mass is 35.5. The molecule has 0 rings (SSSR count). The number of alkyl halides is 1. The lowest BCUT2D eigenvalue weighted by Gasteiger charge is -1.77. The van der Waals surface area contributed by atoms with Crippen LogP contribution in [-0.4, -0.2) is 17.6 Å². The highest BCUT2D eigenvalue weighted by Crippen LogP contribution is 1.77. The van der Waals surface area contributed by atoms with Gasteiger partial charge in [-0.2, -0.15) is 0 Å². The molecule has 0 fully saturated rings. The molecule has 0 amide bonds. The molecule has 0 atom stereocenters. The first kappa shape index (κ1) is 9.51. The largest absolute Gasteiger partial charge is 0.396 e. The topological polar surface area (TPSA) is 55.2 Å². The third-order valence-corrected chi connectivity index (χ3v) is 0.559. The van der Waals surface area contributed by atoms with E-state index >= 15 is 0 Å². The van der Waals surface area contributed by atoms with E-state index in [2.05, 4.69) is 0 Å². The lowest BCUT2D eigenvalue weighted by molar-refractivity contribution is 0.296.